The molecule has 0 bridgehead atoms. The van der Waals surface area contributed by atoms with Crippen molar-refractivity contribution in [1.29, 1.82) is 0 Å². The SMILES string of the molecule is COc1cccc(CCC(=O)c2ccc(N)cc2)c1OC. The van der Waals surface area contributed by atoms with Gasteiger partial charge < -0.3 is 15.2 Å². The first-order valence-corrected chi connectivity index (χ1v) is 6.74. The van der Waals surface area contributed by atoms with Gasteiger partial charge in [-0.05, 0) is 42.3 Å². The van der Waals surface area contributed by atoms with Crippen molar-refractivity contribution in [2.24, 2.45) is 0 Å². The number of hydrogen-bond acceptors (Lipinski definition) is 4. The molecule has 4 heteroatoms. The van der Waals surface area contributed by atoms with Gasteiger partial charge in [-0.15, -0.1) is 0 Å². The highest BCUT2D eigenvalue weighted by Crippen LogP contribution is 2.31. The van der Waals surface area contributed by atoms with Gasteiger partial charge in [0.15, 0.2) is 17.3 Å². The van der Waals surface area contributed by atoms with Gasteiger partial charge in [-0.25, -0.2) is 0 Å². The second kappa shape index (κ2) is 6.79. The van der Waals surface area contributed by atoms with Gasteiger partial charge in [0.1, 0.15) is 0 Å². The Hall–Kier alpha value is -2.49. The molecule has 2 rings (SSSR count). The monoisotopic (exact) mass is 285 g/mol. The fraction of sp³-hybridized carbons (Fsp3) is 0.235. The van der Waals surface area contributed by atoms with E-state index in [-0.39, 0.29) is 5.78 Å². The minimum atomic E-state index is 0.0832. The summed E-state index contributed by atoms with van der Waals surface area (Å²) in [6.07, 6.45) is 1.01. The molecule has 2 aromatic rings. The number of aryl methyl sites for hydroxylation is 1. The molecule has 0 aliphatic heterocycles. The molecule has 0 saturated carbocycles. The Morgan fingerprint density at radius 3 is 2.38 bits per heavy atom. The van der Waals surface area contributed by atoms with Crippen LogP contribution < -0.4 is 15.2 Å². The fourth-order valence-electron chi connectivity index (χ4n) is 2.21. The number of benzene rings is 2. The Bertz CT molecular complexity index is 620. The summed E-state index contributed by atoms with van der Waals surface area (Å²) in [7, 11) is 3.20. The van der Waals surface area contributed by atoms with Crippen LogP contribution in [-0.2, 0) is 6.42 Å². The van der Waals surface area contributed by atoms with Crippen LogP contribution in [0.5, 0.6) is 11.5 Å². The average molecular weight is 285 g/mol. The van der Waals surface area contributed by atoms with Crippen molar-refractivity contribution in [1.82, 2.24) is 0 Å². The van der Waals surface area contributed by atoms with Crippen molar-refractivity contribution in [2.75, 3.05) is 20.0 Å². The standard InChI is InChI=1S/C17H19NO3/c1-20-16-5-3-4-13(17(16)21-2)8-11-15(19)12-6-9-14(18)10-7-12/h3-7,9-10H,8,11,18H2,1-2H3. The molecule has 0 aliphatic rings. The van der Waals surface area contributed by atoms with Gasteiger partial charge in [0.2, 0.25) is 0 Å². The summed E-state index contributed by atoms with van der Waals surface area (Å²) < 4.78 is 10.6. The van der Waals surface area contributed by atoms with E-state index in [1.807, 2.05) is 18.2 Å². The number of ether oxygens (including phenoxy) is 2. The zero-order chi connectivity index (χ0) is 15.2. The van der Waals surface area contributed by atoms with Crippen LogP contribution in [0.15, 0.2) is 42.5 Å². The predicted octanol–water partition coefficient (Wildman–Crippen LogP) is 3.10. The molecule has 0 atom stereocenters. The predicted molar refractivity (Wildman–Crippen MR) is 83.1 cm³/mol. The summed E-state index contributed by atoms with van der Waals surface area (Å²) >= 11 is 0. The summed E-state index contributed by atoms with van der Waals surface area (Å²) in [5.74, 6) is 1.44. The van der Waals surface area contributed by atoms with Crippen molar-refractivity contribution in [3.05, 3.63) is 53.6 Å². The molecule has 0 heterocycles. The fourth-order valence-corrected chi connectivity index (χ4v) is 2.21. The highest BCUT2D eigenvalue weighted by molar-refractivity contribution is 5.96. The molecular formula is C17H19NO3. The second-order valence-electron chi connectivity index (χ2n) is 4.70. The van der Waals surface area contributed by atoms with E-state index in [1.165, 1.54) is 0 Å². The van der Waals surface area contributed by atoms with Crippen LogP contribution >= 0.6 is 0 Å². The number of carbonyl (C=O) groups is 1. The number of hydrogen-bond donors (Lipinski definition) is 1. The van der Waals surface area contributed by atoms with Crippen molar-refractivity contribution in [3.63, 3.8) is 0 Å². The van der Waals surface area contributed by atoms with Gasteiger partial charge in [-0.3, -0.25) is 4.79 Å². The molecule has 0 aliphatic carbocycles. The Morgan fingerprint density at radius 1 is 1.05 bits per heavy atom. The number of carbonyl (C=O) groups excluding carboxylic acids is 1. The molecule has 0 fully saturated rings. The first kappa shape index (κ1) is 14.9. The maximum Gasteiger partial charge on any atom is 0.163 e. The molecule has 21 heavy (non-hydrogen) atoms. The van der Waals surface area contributed by atoms with Crippen molar-refractivity contribution in [2.45, 2.75) is 12.8 Å². The van der Waals surface area contributed by atoms with E-state index in [9.17, 15) is 4.79 Å². The number of nitrogen functional groups attached to an aromatic ring is 1. The van der Waals surface area contributed by atoms with Crippen LogP contribution in [0.2, 0.25) is 0 Å². The Morgan fingerprint density at radius 2 is 1.76 bits per heavy atom. The highest BCUT2D eigenvalue weighted by Gasteiger charge is 2.12. The number of methoxy groups -OCH3 is 2. The van der Waals surface area contributed by atoms with Gasteiger partial charge in [0.05, 0.1) is 14.2 Å². The van der Waals surface area contributed by atoms with E-state index in [1.54, 1.807) is 38.5 Å². The second-order valence-corrected chi connectivity index (χ2v) is 4.70. The third-order valence-electron chi connectivity index (χ3n) is 3.34. The number of rotatable bonds is 6. The summed E-state index contributed by atoms with van der Waals surface area (Å²) in [5, 5.41) is 0. The first-order chi connectivity index (χ1) is 10.2. The van der Waals surface area contributed by atoms with Crippen molar-refractivity contribution >= 4 is 11.5 Å². The summed E-state index contributed by atoms with van der Waals surface area (Å²) in [4.78, 5) is 12.2. The largest absolute Gasteiger partial charge is 0.493 e. The molecule has 0 saturated heterocycles. The minimum absolute atomic E-state index is 0.0832. The maximum absolute atomic E-state index is 12.2. The summed E-state index contributed by atoms with van der Waals surface area (Å²) in [6.45, 7) is 0. The zero-order valence-corrected chi connectivity index (χ0v) is 12.3. The lowest BCUT2D eigenvalue weighted by Crippen LogP contribution is -2.03. The molecule has 4 nitrogen and oxygen atoms in total. The number of Topliss-reactive ketones (excluding diaryl/α,β-unsaturated/α-hetero) is 1. The first-order valence-electron chi connectivity index (χ1n) is 6.74. The molecule has 0 radical (unpaired) electrons. The van der Waals surface area contributed by atoms with Crippen LogP contribution in [0, 0.1) is 0 Å². The van der Waals surface area contributed by atoms with Crippen LogP contribution in [-0.4, -0.2) is 20.0 Å². The van der Waals surface area contributed by atoms with E-state index in [0.29, 0.717) is 35.6 Å². The number of para-hydroxylation sites is 1. The van der Waals surface area contributed by atoms with Crippen LogP contribution in [0.25, 0.3) is 0 Å². The van der Waals surface area contributed by atoms with Crippen LogP contribution in [0.4, 0.5) is 5.69 Å². The van der Waals surface area contributed by atoms with Crippen LogP contribution in [0.1, 0.15) is 22.3 Å². The highest BCUT2D eigenvalue weighted by atomic mass is 16.5. The van der Waals surface area contributed by atoms with Gasteiger partial charge in [0.25, 0.3) is 0 Å². The van der Waals surface area contributed by atoms with Gasteiger partial charge >= 0.3 is 0 Å². The van der Waals surface area contributed by atoms with E-state index in [0.717, 1.165) is 5.56 Å². The molecule has 2 aromatic carbocycles. The molecule has 0 spiro atoms. The average Bonchev–Trinajstić information content (AvgIpc) is 2.52. The molecule has 110 valence electrons. The minimum Gasteiger partial charge on any atom is -0.493 e. The lowest BCUT2D eigenvalue weighted by Gasteiger charge is -2.12. The van der Waals surface area contributed by atoms with Crippen molar-refractivity contribution < 1.29 is 14.3 Å². The smallest absolute Gasteiger partial charge is 0.163 e. The molecule has 2 N–H and O–H groups in total. The Balaban J connectivity index is 2.09. The Kier molecular flexibility index (Phi) is 4.82. The number of nitrogens with two attached hydrogens (primary N) is 1. The zero-order valence-electron chi connectivity index (χ0n) is 12.3. The number of ketones is 1. The molecule has 0 amide bonds. The topological polar surface area (TPSA) is 61.5 Å². The van der Waals surface area contributed by atoms with Gasteiger partial charge in [0, 0.05) is 17.7 Å². The molecule has 0 unspecified atom stereocenters. The summed E-state index contributed by atoms with van der Waals surface area (Å²) in [5.41, 5.74) is 7.90. The maximum atomic E-state index is 12.2. The lowest BCUT2D eigenvalue weighted by atomic mass is 10.0. The Labute approximate surface area is 124 Å². The van der Waals surface area contributed by atoms with E-state index >= 15 is 0 Å². The van der Waals surface area contributed by atoms with Crippen LogP contribution in [0.3, 0.4) is 0 Å². The number of anilines is 1. The third kappa shape index (κ3) is 3.54. The molecular weight excluding hydrogens is 266 g/mol. The quantitative estimate of drug-likeness (QED) is 0.654. The normalized spacial score (nSPS) is 10.2. The summed E-state index contributed by atoms with van der Waals surface area (Å²) in [6, 6.07) is 12.6. The van der Waals surface area contributed by atoms with E-state index in [2.05, 4.69) is 0 Å². The van der Waals surface area contributed by atoms with Gasteiger partial charge in [-0.2, -0.15) is 0 Å². The van der Waals surface area contributed by atoms with E-state index in [4.69, 9.17) is 15.2 Å². The van der Waals surface area contributed by atoms with Gasteiger partial charge in [-0.1, -0.05) is 12.1 Å². The van der Waals surface area contributed by atoms with Crippen molar-refractivity contribution in [3.8, 4) is 11.5 Å². The molecule has 0 aromatic heterocycles. The third-order valence-corrected chi connectivity index (χ3v) is 3.34. The van der Waals surface area contributed by atoms with E-state index < -0.39 is 0 Å². The lowest BCUT2D eigenvalue weighted by molar-refractivity contribution is 0.0982.